The first-order valence-corrected chi connectivity index (χ1v) is 8.32. The van der Waals surface area contributed by atoms with E-state index in [9.17, 15) is 14.4 Å². The molecule has 0 aromatic carbocycles. The van der Waals surface area contributed by atoms with Crippen molar-refractivity contribution in [1.29, 1.82) is 0 Å². The first-order valence-electron chi connectivity index (χ1n) is 7.50. The van der Waals surface area contributed by atoms with E-state index in [4.69, 9.17) is 9.84 Å². The van der Waals surface area contributed by atoms with Gasteiger partial charge in [0.2, 0.25) is 0 Å². The topological polar surface area (TPSA) is 105 Å². The first-order chi connectivity index (χ1) is 11.0. The van der Waals surface area contributed by atoms with Crippen LogP contribution < -0.4 is 10.6 Å². The number of carbonyl (C=O) groups excluding carboxylic acids is 2. The van der Waals surface area contributed by atoms with Crippen LogP contribution in [0.15, 0.2) is 6.07 Å². The van der Waals surface area contributed by atoms with Gasteiger partial charge in [0.05, 0.1) is 5.56 Å². The van der Waals surface area contributed by atoms with Gasteiger partial charge in [-0.25, -0.2) is 0 Å². The van der Waals surface area contributed by atoms with Gasteiger partial charge in [-0.3, -0.25) is 14.4 Å². The van der Waals surface area contributed by atoms with E-state index in [-0.39, 0.29) is 24.8 Å². The molecular weight excluding hydrogens is 320 g/mol. The number of aryl methyl sites for hydroxylation is 1. The fraction of sp³-hybridized carbons (Fsp3) is 0.533. The third-order valence-corrected chi connectivity index (χ3v) is 4.38. The molecule has 1 atom stereocenters. The number of hydrogen-bond donors (Lipinski definition) is 3. The Morgan fingerprint density at radius 2 is 2.22 bits per heavy atom. The van der Waals surface area contributed by atoms with Crippen molar-refractivity contribution in [3.63, 3.8) is 0 Å². The summed E-state index contributed by atoms with van der Waals surface area (Å²) in [6.45, 7) is 2.71. The van der Waals surface area contributed by atoms with Gasteiger partial charge in [0.1, 0.15) is 11.1 Å². The molecule has 126 valence electrons. The van der Waals surface area contributed by atoms with Crippen molar-refractivity contribution in [3.05, 3.63) is 16.5 Å². The molecule has 1 aromatic rings. The molecule has 0 aliphatic carbocycles. The first kappa shape index (κ1) is 17.4. The summed E-state index contributed by atoms with van der Waals surface area (Å²) in [5.74, 6) is -1.44. The van der Waals surface area contributed by atoms with Gasteiger partial charge in [0.25, 0.3) is 11.8 Å². The number of aliphatic carboxylic acids is 1. The average Bonchev–Trinajstić information content (AvgIpc) is 3.13. The molecule has 2 amide bonds. The Kier molecular flexibility index (Phi) is 6.12. The Balaban J connectivity index is 1.94. The highest BCUT2D eigenvalue weighted by Gasteiger charge is 2.25. The predicted octanol–water partition coefficient (Wildman–Crippen LogP) is 1.77. The highest BCUT2D eigenvalue weighted by atomic mass is 32.1. The quantitative estimate of drug-likeness (QED) is 0.656. The van der Waals surface area contributed by atoms with Crippen LogP contribution in [0.1, 0.15) is 40.9 Å². The van der Waals surface area contributed by atoms with Crippen molar-refractivity contribution in [3.8, 4) is 0 Å². The van der Waals surface area contributed by atoms with E-state index in [2.05, 4.69) is 10.6 Å². The van der Waals surface area contributed by atoms with Crippen molar-refractivity contribution >= 4 is 34.1 Å². The Hall–Kier alpha value is -1.93. The van der Waals surface area contributed by atoms with Gasteiger partial charge in [-0.1, -0.05) is 0 Å². The monoisotopic (exact) mass is 340 g/mol. The number of carboxylic acids is 1. The molecule has 1 aromatic heterocycles. The minimum atomic E-state index is -0.893. The maximum atomic E-state index is 12.2. The standard InChI is InChI=1S/C15H20N2O5S/c1-9-8-10(13(20)16-6-2-5-12(18)19)15(23-9)17-14(21)11-4-3-7-22-11/h8,11H,2-7H2,1H3,(H,16,20)(H,17,21)(H,18,19). The number of rotatable bonds is 7. The molecule has 2 heterocycles. The fourth-order valence-corrected chi connectivity index (χ4v) is 3.20. The number of ether oxygens (including phenoxy) is 1. The van der Waals surface area contributed by atoms with Gasteiger partial charge >= 0.3 is 5.97 Å². The molecule has 3 N–H and O–H groups in total. The number of carbonyl (C=O) groups is 3. The van der Waals surface area contributed by atoms with Gasteiger partial charge < -0.3 is 20.5 Å². The highest BCUT2D eigenvalue weighted by molar-refractivity contribution is 7.16. The average molecular weight is 340 g/mol. The van der Waals surface area contributed by atoms with Crippen molar-refractivity contribution in [1.82, 2.24) is 5.32 Å². The molecular formula is C15H20N2O5S. The lowest BCUT2D eigenvalue weighted by atomic mass is 10.2. The zero-order chi connectivity index (χ0) is 16.8. The Labute approximate surface area is 138 Å². The molecule has 7 nitrogen and oxygen atoms in total. The second kappa shape index (κ2) is 8.07. The summed E-state index contributed by atoms with van der Waals surface area (Å²) in [7, 11) is 0. The lowest BCUT2D eigenvalue weighted by molar-refractivity contribution is -0.137. The summed E-state index contributed by atoms with van der Waals surface area (Å²) >= 11 is 1.33. The van der Waals surface area contributed by atoms with Crippen LogP contribution in [0.2, 0.25) is 0 Å². The molecule has 0 radical (unpaired) electrons. The summed E-state index contributed by atoms with van der Waals surface area (Å²) in [5.41, 5.74) is 0.397. The van der Waals surface area contributed by atoms with Gasteiger partial charge in [-0.15, -0.1) is 11.3 Å². The van der Waals surface area contributed by atoms with Gasteiger partial charge in [0, 0.05) is 24.4 Å². The molecule has 8 heteroatoms. The molecule has 1 unspecified atom stereocenters. The smallest absolute Gasteiger partial charge is 0.303 e. The van der Waals surface area contributed by atoms with Crippen LogP contribution in [-0.2, 0) is 14.3 Å². The van der Waals surface area contributed by atoms with Gasteiger partial charge in [0.15, 0.2) is 0 Å². The maximum Gasteiger partial charge on any atom is 0.303 e. The molecule has 0 bridgehead atoms. The molecule has 0 spiro atoms. The molecule has 2 rings (SSSR count). The van der Waals surface area contributed by atoms with E-state index in [1.165, 1.54) is 11.3 Å². The summed E-state index contributed by atoms with van der Waals surface area (Å²) in [6.07, 6.45) is 1.46. The van der Waals surface area contributed by atoms with Crippen LogP contribution in [0.5, 0.6) is 0 Å². The molecule has 1 fully saturated rings. The van der Waals surface area contributed by atoms with E-state index in [1.54, 1.807) is 6.07 Å². The molecule has 1 aliphatic rings. The van der Waals surface area contributed by atoms with Gasteiger partial charge in [-0.2, -0.15) is 0 Å². The number of thiophene rings is 1. The maximum absolute atomic E-state index is 12.2. The SMILES string of the molecule is Cc1cc(C(=O)NCCCC(=O)O)c(NC(=O)C2CCCO2)s1. The number of anilines is 1. The highest BCUT2D eigenvalue weighted by Crippen LogP contribution is 2.28. The third kappa shape index (κ3) is 5.04. The van der Waals surface area contributed by atoms with E-state index >= 15 is 0 Å². The van der Waals surface area contributed by atoms with E-state index in [0.717, 1.165) is 11.3 Å². The van der Waals surface area contributed by atoms with E-state index < -0.39 is 12.1 Å². The normalized spacial score (nSPS) is 17.0. The molecule has 1 saturated heterocycles. The van der Waals surface area contributed by atoms with Crippen LogP contribution in [0.25, 0.3) is 0 Å². The zero-order valence-corrected chi connectivity index (χ0v) is 13.7. The second-order valence-electron chi connectivity index (χ2n) is 5.34. The fourth-order valence-electron chi connectivity index (χ4n) is 2.29. The van der Waals surface area contributed by atoms with Crippen LogP contribution in [0.3, 0.4) is 0 Å². The van der Waals surface area contributed by atoms with Crippen molar-refractivity contribution < 1.29 is 24.2 Å². The van der Waals surface area contributed by atoms with Crippen molar-refractivity contribution in [2.24, 2.45) is 0 Å². The van der Waals surface area contributed by atoms with E-state index in [0.29, 0.717) is 30.0 Å². The predicted molar refractivity (Wildman–Crippen MR) is 85.9 cm³/mol. The van der Waals surface area contributed by atoms with Crippen molar-refractivity contribution in [2.45, 2.75) is 38.7 Å². The summed E-state index contributed by atoms with van der Waals surface area (Å²) in [4.78, 5) is 35.7. The number of amides is 2. The molecule has 1 aliphatic heterocycles. The van der Waals surface area contributed by atoms with Crippen molar-refractivity contribution in [2.75, 3.05) is 18.5 Å². The van der Waals surface area contributed by atoms with Crippen LogP contribution in [0.4, 0.5) is 5.00 Å². The minimum absolute atomic E-state index is 0.00551. The lowest BCUT2D eigenvalue weighted by Crippen LogP contribution is -2.29. The van der Waals surface area contributed by atoms with Crippen LogP contribution in [0, 0.1) is 6.92 Å². The zero-order valence-electron chi connectivity index (χ0n) is 12.9. The Bertz CT molecular complexity index is 593. The van der Waals surface area contributed by atoms with E-state index in [1.807, 2.05) is 6.92 Å². The summed E-state index contributed by atoms with van der Waals surface area (Å²) in [5, 5.41) is 14.5. The Morgan fingerprint density at radius 1 is 1.43 bits per heavy atom. The Morgan fingerprint density at radius 3 is 2.87 bits per heavy atom. The summed E-state index contributed by atoms with van der Waals surface area (Å²) in [6, 6.07) is 1.71. The largest absolute Gasteiger partial charge is 0.481 e. The lowest BCUT2D eigenvalue weighted by Gasteiger charge is -2.10. The van der Waals surface area contributed by atoms with Crippen LogP contribution >= 0.6 is 11.3 Å². The molecule has 23 heavy (non-hydrogen) atoms. The third-order valence-electron chi connectivity index (χ3n) is 3.41. The second-order valence-corrected chi connectivity index (χ2v) is 6.60. The number of hydrogen-bond acceptors (Lipinski definition) is 5. The minimum Gasteiger partial charge on any atom is -0.481 e. The summed E-state index contributed by atoms with van der Waals surface area (Å²) < 4.78 is 5.33. The molecule has 0 saturated carbocycles. The van der Waals surface area contributed by atoms with Crippen LogP contribution in [-0.4, -0.2) is 42.1 Å². The number of nitrogens with one attached hydrogen (secondary N) is 2. The van der Waals surface area contributed by atoms with Gasteiger partial charge in [-0.05, 0) is 32.3 Å². The number of carboxylic acid groups (broad SMARTS) is 1.